The molecule has 1 fully saturated rings. The molecule has 2 amide bonds. The standard InChI is InChI=1S/C30H27F3N4O11S/c1-34(2)27(39)22-12-17(38)14-35(22)29(19-5-4-6-23-26(19)47-15-46-23)20-11-16(37(41)42)7-9-21(20)36(28(29)40)49(43,44)25-10-8-18(45-3)13-24(25)48-30(31,32)33/h4-11,13,17,22,38H,12,14-15H2,1-3H3/t17-,22+,29?/m1/s1. The lowest BCUT2D eigenvalue weighted by atomic mass is 9.80. The number of nitrogens with zero attached hydrogens (tertiary/aromatic N) is 4. The molecule has 3 heterocycles. The summed E-state index contributed by atoms with van der Waals surface area (Å²) in [7, 11) is -1.40. The van der Waals surface area contributed by atoms with Gasteiger partial charge in [-0.25, -0.2) is 12.7 Å². The van der Waals surface area contributed by atoms with E-state index in [-0.39, 0.29) is 45.9 Å². The molecule has 0 spiro atoms. The van der Waals surface area contributed by atoms with Gasteiger partial charge in [0.05, 0.1) is 29.9 Å². The highest BCUT2D eigenvalue weighted by molar-refractivity contribution is 7.93. The Morgan fingerprint density at radius 1 is 1.12 bits per heavy atom. The molecule has 15 nitrogen and oxygen atoms in total. The summed E-state index contributed by atoms with van der Waals surface area (Å²) in [6.07, 6.45) is -6.84. The largest absolute Gasteiger partial charge is 0.573 e. The highest BCUT2D eigenvalue weighted by Crippen LogP contribution is 2.57. The van der Waals surface area contributed by atoms with Crippen LogP contribution >= 0.6 is 0 Å². The Balaban J connectivity index is 1.70. The average molecular weight is 709 g/mol. The summed E-state index contributed by atoms with van der Waals surface area (Å²) in [6.45, 7) is -0.741. The van der Waals surface area contributed by atoms with Crippen molar-refractivity contribution in [2.24, 2.45) is 0 Å². The van der Waals surface area contributed by atoms with E-state index in [9.17, 15) is 41.6 Å². The number of nitro groups is 1. The molecule has 3 atom stereocenters. The lowest BCUT2D eigenvalue weighted by Gasteiger charge is -2.41. The van der Waals surface area contributed by atoms with Crippen molar-refractivity contribution in [1.29, 1.82) is 0 Å². The van der Waals surface area contributed by atoms with Crippen molar-refractivity contribution < 1.29 is 60.2 Å². The Bertz CT molecular complexity index is 1990. The number of rotatable bonds is 8. The topological polar surface area (TPSA) is 178 Å². The number of amides is 2. The van der Waals surface area contributed by atoms with Gasteiger partial charge in [0.1, 0.15) is 10.6 Å². The number of hydrogen-bond donors (Lipinski definition) is 1. The number of fused-ring (bicyclic) bond motifs is 2. The number of carbonyl (C=O) groups excluding carboxylic acids is 2. The summed E-state index contributed by atoms with van der Waals surface area (Å²) in [4.78, 5) is 41.5. The van der Waals surface area contributed by atoms with Crippen LogP contribution in [-0.2, 0) is 25.2 Å². The van der Waals surface area contributed by atoms with Gasteiger partial charge in [0.25, 0.3) is 21.6 Å². The minimum Gasteiger partial charge on any atom is -0.497 e. The van der Waals surface area contributed by atoms with Gasteiger partial charge in [-0.15, -0.1) is 13.2 Å². The van der Waals surface area contributed by atoms with E-state index in [1.807, 2.05) is 0 Å². The van der Waals surface area contributed by atoms with E-state index in [0.717, 1.165) is 37.4 Å². The van der Waals surface area contributed by atoms with Crippen molar-refractivity contribution in [2.45, 2.75) is 35.4 Å². The van der Waals surface area contributed by atoms with E-state index in [1.165, 1.54) is 42.1 Å². The minimum atomic E-state index is -5.38. The van der Waals surface area contributed by atoms with E-state index < -0.39 is 79.4 Å². The van der Waals surface area contributed by atoms with E-state index >= 15 is 4.79 Å². The first kappa shape index (κ1) is 33.7. The van der Waals surface area contributed by atoms with Crippen LogP contribution in [0.5, 0.6) is 23.0 Å². The molecule has 19 heteroatoms. The van der Waals surface area contributed by atoms with Crippen LogP contribution < -0.4 is 23.3 Å². The van der Waals surface area contributed by atoms with Crippen LogP contribution in [0.2, 0.25) is 0 Å². The Hall–Kier alpha value is -5.14. The first-order valence-corrected chi connectivity index (χ1v) is 15.8. The van der Waals surface area contributed by atoms with E-state index in [4.69, 9.17) is 14.2 Å². The summed E-state index contributed by atoms with van der Waals surface area (Å²) in [5.41, 5.74) is -3.94. The number of ether oxygens (including phenoxy) is 4. The molecule has 260 valence electrons. The summed E-state index contributed by atoms with van der Waals surface area (Å²) < 4.78 is 90.3. The number of β-amino-alcohol motifs (C(OH)–C–C–N with tert-alkyl or cyclic N) is 1. The van der Waals surface area contributed by atoms with Gasteiger partial charge in [0.15, 0.2) is 22.8 Å². The number of benzene rings is 3. The number of para-hydroxylation sites is 1. The number of likely N-dealkylation sites (N-methyl/N-ethyl adjacent to an activating group) is 1. The zero-order chi connectivity index (χ0) is 35.6. The second-order valence-corrected chi connectivity index (χ2v) is 13.2. The van der Waals surface area contributed by atoms with Crippen LogP contribution in [0.15, 0.2) is 59.5 Å². The maximum absolute atomic E-state index is 15.3. The third kappa shape index (κ3) is 5.33. The molecule has 3 aliphatic rings. The zero-order valence-corrected chi connectivity index (χ0v) is 26.6. The van der Waals surface area contributed by atoms with Gasteiger partial charge >= 0.3 is 6.36 Å². The molecule has 6 rings (SSSR count). The minimum absolute atomic E-state index is 0.0597. The molecule has 0 radical (unpaired) electrons. The molecule has 1 saturated heterocycles. The Morgan fingerprint density at radius 3 is 2.51 bits per heavy atom. The van der Waals surface area contributed by atoms with Gasteiger partial charge < -0.3 is 29.0 Å². The Kier molecular flexibility index (Phi) is 8.11. The molecule has 0 aliphatic carbocycles. The molecular weight excluding hydrogens is 681 g/mol. The number of likely N-dealkylation sites (tertiary alicyclic amines) is 1. The quantitative estimate of drug-likeness (QED) is 0.268. The number of aliphatic hydroxyl groups is 1. The molecular formula is C30H27F3N4O11S. The molecule has 0 saturated carbocycles. The van der Waals surface area contributed by atoms with Crippen molar-refractivity contribution >= 4 is 33.2 Å². The van der Waals surface area contributed by atoms with E-state index in [0.29, 0.717) is 6.07 Å². The average Bonchev–Trinajstić information content (AvgIpc) is 3.73. The number of halogens is 3. The number of methoxy groups -OCH3 is 1. The highest BCUT2D eigenvalue weighted by atomic mass is 32.2. The molecule has 3 aliphatic heterocycles. The predicted molar refractivity (Wildman–Crippen MR) is 161 cm³/mol. The fraction of sp³-hybridized carbons (Fsp3) is 0.333. The molecule has 1 N–H and O–H groups in total. The normalized spacial score (nSPS) is 21.9. The predicted octanol–water partition coefficient (Wildman–Crippen LogP) is 2.73. The number of carbonyl (C=O) groups is 2. The monoisotopic (exact) mass is 708 g/mol. The zero-order valence-electron chi connectivity index (χ0n) is 25.8. The van der Waals surface area contributed by atoms with Crippen LogP contribution in [0.3, 0.4) is 0 Å². The smallest absolute Gasteiger partial charge is 0.497 e. The molecule has 0 aromatic heterocycles. The van der Waals surface area contributed by atoms with Crippen molar-refractivity contribution in [2.75, 3.05) is 38.8 Å². The second kappa shape index (κ2) is 11.8. The first-order valence-electron chi connectivity index (χ1n) is 14.4. The number of anilines is 1. The number of non-ortho nitro benzene ring substituents is 1. The maximum Gasteiger partial charge on any atom is 0.573 e. The van der Waals surface area contributed by atoms with E-state index in [2.05, 4.69) is 4.74 Å². The number of sulfonamides is 1. The van der Waals surface area contributed by atoms with Crippen LogP contribution in [0.4, 0.5) is 24.5 Å². The van der Waals surface area contributed by atoms with Gasteiger partial charge in [-0.3, -0.25) is 24.6 Å². The first-order chi connectivity index (χ1) is 23.0. The lowest BCUT2D eigenvalue weighted by molar-refractivity contribution is -0.384. The van der Waals surface area contributed by atoms with Crippen LogP contribution in [-0.4, -0.2) is 93.1 Å². The molecule has 3 aromatic carbocycles. The SMILES string of the molecule is COc1ccc(S(=O)(=O)N2C(=O)C(c3cccc4c3OCO4)(N3C[C@H](O)C[C@H]3C(=O)N(C)C)c3cc([N+](=O)[O-])ccc32)c(OC(F)(F)F)c1. The number of alkyl halides is 3. The van der Waals surface area contributed by atoms with Crippen molar-refractivity contribution in [3.8, 4) is 23.0 Å². The van der Waals surface area contributed by atoms with Crippen molar-refractivity contribution in [3.05, 3.63) is 75.8 Å². The summed E-state index contributed by atoms with van der Waals surface area (Å²) >= 11 is 0. The highest BCUT2D eigenvalue weighted by Gasteiger charge is 2.65. The van der Waals surface area contributed by atoms with Gasteiger partial charge in [0, 0.05) is 50.0 Å². The summed E-state index contributed by atoms with van der Waals surface area (Å²) in [5.74, 6) is -3.33. The fourth-order valence-corrected chi connectivity index (χ4v) is 8.03. The summed E-state index contributed by atoms with van der Waals surface area (Å²) in [6, 6.07) is 8.30. The van der Waals surface area contributed by atoms with E-state index in [1.54, 1.807) is 0 Å². The van der Waals surface area contributed by atoms with Gasteiger partial charge in [0.2, 0.25) is 12.7 Å². The van der Waals surface area contributed by atoms with Crippen LogP contribution in [0.25, 0.3) is 0 Å². The molecule has 3 aromatic rings. The lowest BCUT2D eigenvalue weighted by Crippen LogP contribution is -2.59. The fourth-order valence-electron chi connectivity index (χ4n) is 6.47. The van der Waals surface area contributed by atoms with Crippen LogP contribution in [0, 0.1) is 10.1 Å². The Morgan fingerprint density at radius 2 is 1.86 bits per heavy atom. The number of nitro benzene ring substituents is 1. The van der Waals surface area contributed by atoms with Gasteiger partial charge in [-0.2, -0.15) is 0 Å². The molecule has 49 heavy (non-hydrogen) atoms. The third-order valence-corrected chi connectivity index (χ3v) is 10.1. The third-order valence-electron chi connectivity index (χ3n) is 8.41. The Labute approximate surface area is 276 Å². The van der Waals surface area contributed by atoms with Crippen LogP contribution in [0.1, 0.15) is 17.5 Å². The van der Waals surface area contributed by atoms with Gasteiger partial charge in [-0.1, -0.05) is 12.1 Å². The van der Waals surface area contributed by atoms with Crippen molar-refractivity contribution in [1.82, 2.24) is 9.80 Å². The van der Waals surface area contributed by atoms with Crippen molar-refractivity contribution in [3.63, 3.8) is 0 Å². The maximum atomic E-state index is 15.3. The molecule has 1 unspecified atom stereocenters. The molecule has 0 bridgehead atoms. The summed E-state index contributed by atoms with van der Waals surface area (Å²) in [5, 5.41) is 23.0. The number of aliphatic hydroxyl groups excluding tert-OH is 1. The number of hydrogen-bond acceptors (Lipinski definition) is 12. The van der Waals surface area contributed by atoms with Gasteiger partial charge in [-0.05, 0) is 30.7 Å². The second-order valence-electron chi connectivity index (χ2n) is 11.4.